The number of hydrogen-bond acceptors (Lipinski definition) is 4. The largest absolute Gasteiger partial charge is 0.478 e. The van der Waals surface area contributed by atoms with Crippen molar-refractivity contribution in [3.63, 3.8) is 0 Å². The summed E-state index contributed by atoms with van der Waals surface area (Å²) in [6, 6.07) is 3.79. The van der Waals surface area contributed by atoms with E-state index >= 15 is 0 Å². The first-order chi connectivity index (χ1) is 9.92. The fourth-order valence-electron chi connectivity index (χ4n) is 1.48. The van der Waals surface area contributed by atoms with Crippen molar-refractivity contribution in [2.75, 3.05) is 13.1 Å². The highest BCUT2D eigenvalue weighted by Crippen LogP contribution is 2.15. The van der Waals surface area contributed by atoms with Gasteiger partial charge in [-0.05, 0) is 44.1 Å². The summed E-state index contributed by atoms with van der Waals surface area (Å²) in [7, 11) is 0. The lowest BCUT2D eigenvalue weighted by Crippen LogP contribution is -2.02. The smallest absolute Gasteiger partial charge is 0.335 e. The van der Waals surface area contributed by atoms with Crippen LogP contribution in [-0.4, -0.2) is 35.2 Å². The summed E-state index contributed by atoms with van der Waals surface area (Å²) >= 11 is 3.02. The van der Waals surface area contributed by atoms with Crippen LogP contribution in [0.25, 0.3) is 0 Å². The number of carboxylic acids is 2. The van der Waals surface area contributed by atoms with Gasteiger partial charge in [-0.1, -0.05) is 28.8 Å². The van der Waals surface area contributed by atoms with Gasteiger partial charge in [-0.25, -0.2) is 9.59 Å². The molecule has 21 heavy (non-hydrogen) atoms. The minimum atomic E-state index is -1.15. The average molecular weight is 361 g/mol. The summed E-state index contributed by atoms with van der Waals surface area (Å²) in [5.74, 6) is -2.30. The number of nitrogens with two attached hydrogens (primary N) is 2. The quantitative estimate of drug-likeness (QED) is 0.552. The molecule has 0 amide bonds. The summed E-state index contributed by atoms with van der Waals surface area (Å²) in [5.41, 5.74) is 10.5. The molecule has 6 N–H and O–H groups in total. The number of aromatic carboxylic acids is 2. The molecule has 0 bridgehead atoms. The Balaban J connectivity index is 0.000000433. The Morgan fingerprint density at radius 2 is 1.24 bits per heavy atom. The average Bonchev–Trinajstić information content (AvgIpc) is 2.43. The van der Waals surface area contributed by atoms with Gasteiger partial charge >= 0.3 is 11.9 Å². The van der Waals surface area contributed by atoms with E-state index in [1.54, 1.807) is 0 Å². The van der Waals surface area contributed by atoms with Crippen LogP contribution in [0, 0.1) is 0 Å². The minimum Gasteiger partial charge on any atom is -0.478 e. The molecule has 0 spiro atoms. The van der Waals surface area contributed by atoms with E-state index in [9.17, 15) is 9.59 Å². The molecule has 0 radical (unpaired) electrons. The van der Waals surface area contributed by atoms with Gasteiger partial charge in [-0.3, -0.25) is 0 Å². The SMILES string of the molecule is NCCCCCCN.O=C(O)c1cc(Br)cc(C(=O)O)c1. The molecule has 0 fully saturated rings. The molecule has 0 atom stereocenters. The van der Waals surface area contributed by atoms with E-state index in [0.29, 0.717) is 4.47 Å². The zero-order chi connectivity index (χ0) is 16.3. The van der Waals surface area contributed by atoms with E-state index in [4.69, 9.17) is 21.7 Å². The number of halogens is 1. The minimum absolute atomic E-state index is 0.0493. The van der Waals surface area contributed by atoms with Gasteiger partial charge in [0.15, 0.2) is 0 Å². The van der Waals surface area contributed by atoms with Crippen molar-refractivity contribution in [3.8, 4) is 0 Å². The first kappa shape index (κ1) is 19.6. The van der Waals surface area contributed by atoms with E-state index in [1.807, 2.05) is 0 Å². The third kappa shape index (κ3) is 9.17. The molecule has 118 valence electrons. The standard InChI is InChI=1S/C8H5BrO4.C6H16N2/c9-6-2-4(7(10)11)1-5(3-6)8(12)13;7-5-3-1-2-4-6-8/h1-3H,(H,10,11)(H,12,13);1-8H2. The van der Waals surface area contributed by atoms with Crippen LogP contribution < -0.4 is 11.5 Å². The molecule has 0 aliphatic heterocycles. The van der Waals surface area contributed by atoms with Crippen LogP contribution in [0.2, 0.25) is 0 Å². The van der Waals surface area contributed by atoms with Crippen molar-refractivity contribution in [2.45, 2.75) is 25.7 Å². The molecule has 0 saturated heterocycles. The summed E-state index contributed by atoms with van der Waals surface area (Å²) in [4.78, 5) is 21.0. The Hall–Kier alpha value is -1.44. The topological polar surface area (TPSA) is 127 Å². The highest BCUT2D eigenvalue weighted by atomic mass is 79.9. The first-order valence-electron chi connectivity index (χ1n) is 6.59. The molecule has 0 aromatic heterocycles. The van der Waals surface area contributed by atoms with Gasteiger partial charge in [0.05, 0.1) is 11.1 Å². The summed E-state index contributed by atoms with van der Waals surface area (Å²) < 4.78 is 0.435. The third-order valence-electron chi connectivity index (χ3n) is 2.55. The molecule has 1 aromatic rings. The van der Waals surface area contributed by atoms with Crippen molar-refractivity contribution in [3.05, 3.63) is 33.8 Å². The van der Waals surface area contributed by atoms with Crippen LogP contribution in [0.4, 0.5) is 0 Å². The van der Waals surface area contributed by atoms with E-state index in [0.717, 1.165) is 32.0 Å². The van der Waals surface area contributed by atoms with Crippen molar-refractivity contribution >= 4 is 27.9 Å². The van der Waals surface area contributed by atoms with Gasteiger partial charge < -0.3 is 21.7 Å². The molecule has 0 heterocycles. The molecular weight excluding hydrogens is 340 g/mol. The third-order valence-corrected chi connectivity index (χ3v) is 3.01. The number of unbranched alkanes of at least 4 members (excludes halogenated alkanes) is 3. The van der Waals surface area contributed by atoms with Gasteiger partial charge in [0.1, 0.15) is 0 Å². The Kier molecular flexibility index (Phi) is 10.5. The van der Waals surface area contributed by atoms with Crippen LogP contribution in [0.5, 0.6) is 0 Å². The van der Waals surface area contributed by atoms with Crippen LogP contribution in [0.15, 0.2) is 22.7 Å². The van der Waals surface area contributed by atoms with Crippen LogP contribution in [0.3, 0.4) is 0 Å². The van der Waals surface area contributed by atoms with Crippen molar-refractivity contribution in [1.82, 2.24) is 0 Å². The highest BCUT2D eigenvalue weighted by molar-refractivity contribution is 9.10. The molecule has 0 unspecified atom stereocenters. The molecule has 7 heteroatoms. The molecule has 1 aromatic carbocycles. The molecule has 0 aliphatic rings. The predicted octanol–water partition coefficient (Wildman–Crippen LogP) is 2.31. The zero-order valence-corrected chi connectivity index (χ0v) is 13.3. The number of carbonyl (C=O) groups is 2. The Morgan fingerprint density at radius 3 is 1.52 bits per heavy atom. The number of hydrogen-bond donors (Lipinski definition) is 4. The van der Waals surface area contributed by atoms with E-state index < -0.39 is 11.9 Å². The molecular formula is C14H21BrN2O4. The predicted molar refractivity (Wildman–Crippen MR) is 84.6 cm³/mol. The van der Waals surface area contributed by atoms with Crippen molar-refractivity contribution < 1.29 is 19.8 Å². The fraction of sp³-hybridized carbons (Fsp3) is 0.429. The molecule has 6 nitrogen and oxygen atoms in total. The Morgan fingerprint density at radius 1 is 0.857 bits per heavy atom. The summed E-state index contributed by atoms with van der Waals surface area (Å²) in [6.07, 6.45) is 4.79. The molecule has 0 saturated carbocycles. The first-order valence-corrected chi connectivity index (χ1v) is 7.39. The lowest BCUT2D eigenvalue weighted by molar-refractivity contribution is 0.0696. The van der Waals surface area contributed by atoms with Gasteiger partial charge in [-0.2, -0.15) is 0 Å². The number of carboxylic acid groups (broad SMARTS) is 2. The van der Waals surface area contributed by atoms with Gasteiger partial charge in [0.2, 0.25) is 0 Å². The second-order valence-corrected chi connectivity index (χ2v) is 5.25. The molecule has 1 rings (SSSR count). The normalized spacial score (nSPS) is 9.67. The van der Waals surface area contributed by atoms with Gasteiger partial charge in [-0.15, -0.1) is 0 Å². The van der Waals surface area contributed by atoms with Gasteiger partial charge in [0, 0.05) is 4.47 Å². The zero-order valence-electron chi connectivity index (χ0n) is 11.7. The maximum absolute atomic E-state index is 10.5. The van der Waals surface area contributed by atoms with Crippen molar-refractivity contribution in [1.29, 1.82) is 0 Å². The number of benzene rings is 1. The summed E-state index contributed by atoms with van der Waals surface area (Å²) in [6.45, 7) is 1.65. The van der Waals surface area contributed by atoms with Crippen LogP contribution >= 0.6 is 15.9 Å². The van der Waals surface area contributed by atoms with Gasteiger partial charge in [0.25, 0.3) is 0 Å². The van der Waals surface area contributed by atoms with Crippen molar-refractivity contribution in [2.24, 2.45) is 11.5 Å². The van der Waals surface area contributed by atoms with E-state index in [2.05, 4.69) is 15.9 Å². The monoisotopic (exact) mass is 360 g/mol. The Bertz CT molecular complexity index is 428. The van der Waals surface area contributed by atoms with Crippen LogP contribution in [-0.2, 0) is 0 Å². The highest BCUT2D eigenvalue weighted by Gasteiger charge is 2.09. The number of rotatable bonds is 7. The maximum atomic E-state index is 10.5. The van der Waals surface area contributed by atoms with Crippen LogP contribution in [0.1, 0.15) is 46.4 Å². The lowest BCUT2D eigenvalue weighted by Gasteiger charge is -1.98. The van der Waals surface area contributed by atoms with E-state index in [1.165, 1.54) is 25.0 Å². The summed E-state index contributed by atoms with van der Waals surface area (Å²) in [5, 5.41) is 17.2. The maximum Gasteiger partial charge on any atom is 0.335 e. The second kappa shape index (κ2) is 11.2. The Labute approximate surface area is 132 Å². The second-order valence-electron chi connectivity index (χ2n) is 4.33. The van der Waals surface area contributed by atoms with E-state index in [-0.39, 0.29) is 11.1 Å². The lowest BCUT2D eigenvalue weighted by atomic mass is 10.1. The fourth-order valence-corrected chi connectivity index (χ4v) is 1.97. The molecule has 0 aliphatic carbocycles.